The number of benzene rings is 9. The number of nitrogens with zero attached hydrogens (tertiary/aromatic N) is 2. The van der Waals surface area contributed by atoms with Crippen molar-refractivity contribution in [3.8, 4) is 0 Å². The van der Waals surface area contributed by atoms with E-state index in [9.17, 15) is 8.78 Å². The van der Waals surface area contributed by atoms with Crippen LogP contribution in [0.15, 0.2) is 154 Å². The molecule has 6 heteroatoms. The van der Waals surface area contributed by atoms with Crippen molar-refractivity contribution in [1.29, 1.82) is 0 Å². The number of hydrogen-bond donors (Lipinski definition) is 0. The summed E-state index contributed by atoms with van der Waals surface area (Å²) in [6, 6.07) is 47.8. The van der Waals surface area contributed by atoms with Crippen LogP contribution in [0.25, 0.3) is 65.4 Å². The molecule has 302 valence electrons. The summed E-state index contributed by atoms with van der Waals surface area (Å²) in [5.41, 5.74) is 16.1. The third kappa shape index (κ3) is 6.16. The van der Waals surface area contributed by atoms with Gasteiger partial charge in [-0.25, -0.2) is 8.78 Å². The molecular weight excluding hydrogens is 771 g/mol. The van der Waals surface area contributed by atoms with Crippen molar-refractivity contribution < 1.29 is 17.6 Å². The van der Waals surface area contributed by atoms with Gasteiger partial charge >= 0.3 is 0 Å². The van der Waals surface area contributed by atoms with Crippen LogP contribution in [0.3, 0.4) is 0 Å². The minimum atomic E-state index is -0.270. The number of anilines is 6. The molecule has 9 aromatic carbocycles. The molecule has 0 bridgehead atoms. The van der Waals surface area contributed by atoms with Gasteiger partial charge in [0.05, 0.1) is 0 Å². The largest absolute Gasteiger partial charge is 0.456 e. The minimum Gasteiger partial charge on any atom is -0.456 e. The Hall–Kier alpha value is -7.44. The molecule has 0 unspecified atom stereocenters. The maximum absolute atomic E-state index is 14.1. The summed E-state index contributed by atoms with van der Waals surface area (Å²) >= 11 is 0. The monoisotopic (exact) mass is 812 g/mol. The molecule has 2 heterocycles. The highest BCUT2D eigenvalue weighted by atomic mass is 19.1. The Labute approximate surface area is 357 Å². The second-order valence-corrected chi connectivity index (χ2v) is 16.8. The minimum absolute atomic E-state index is 0.270. The average Bonchev–Trinajstić information content (AvgIpc) is 3.79. The molecule has 0 saturated carbocycles. The first-order chi connectivity index (χ1) is 29.9. The third-order valence-corrected chi connectivity index (χ3v) is 13.0. The zero-order valence-electron chi connectivity index (χ0n) is 35.3. The van der Waals surface area contributed by atoms with Crippen LogP contribution in [-0.4, -0.2) is 0 Å². The molecule has 2 aromatic heterocycles. The van der Waals surface area contributed by atoms with Crippen LogP contribution in [-0.2, 0) is 0 Å². The second-order valence-electron chi connectivity index (χ2n) is 16.8. The maximum atomic E-state index is 14.1. The summed E-state index contributed by atoms with van der Waals surface area (Å²) in [6.07, 6.45) is 0. The topological polar surface area (TPSA) is 32.8 Å². The van der Waals surface area contributed by atoms with E-state index in [1.807, 2.05) is 30.3 Å². The predicted molar refractivity (Wildman–Crippen MR) is 254 cm³/mol. The normalized spacial score (nSPS) is 11.9. The first-order valence-electron chi connectivity index (χ1n) is 20.9. The van der Waals surface area contributed by atoms with E-state index in [0.29, 0.717) is 0 Å². The highest BCUT2D eigenvalue weighted by Gasteiger charge is 2.20. The van der Waals surface area contributed by atoms with Crippen molar-refractivity contribution in [2.24, 2.45) is 0 Å². The van der Waals surface area contributed by atoms with Gasteiger partial charge in [0, 0.05) is 61.7 Å². The number of fused-ring (bicyclic) bond motifs is 8. The molecule has 0 amide bonds. The summed E-state index contributed by atoms with van der Waals surface area (Å²) < 4.78 is 41.4. The van der Waals surface area contributed by atoms with Gasteiger partial charge in [-0.15, -0.1) is 0 Å². The molecule has 0 aliphatic heterocycles. The molecule has 62 heavy (non-hydrogen) atoms. The first-order valence-corrected chi connectivity index (χ1v) is 20.9. The van der Waals surface area contributed by atoms with Gasteiger partial charge in [-0.05, 0) is 224 Å². The highest BCUT2D eigenvalue weighted by Crippen LogP contribution is 2.43. The molecule has 0 N–H and O–H groups in total. The van der Waals surface area contributed by atoms with Gasteiger partial charge in [0.15, 0.2) is 0 Å². The summed E-state index contributed by atoms with van der Waals surface area (Å²) in [5.74, 6) is -0.540. The van der Waals surface area contributed by atoms with E-state index in [4.69, 9.17) is 8.83 Å². The van der Waals surface area contributed by atoms with Crippen molar-refractivity contribution in [3.05, 3.63) is 191 Å². The third-order valence-electron chi connectivity index (χ3n) is 13.0. The average molecular weight is 813 g/mol. The van der Waals surface area contributed by atoms with E-state index >= 15 is 0 Å². The molecule has 0 aliphatic rings. The molecule has 11 rings (SSSR count). The van der Waals surface area contributed by atoms with Crippen LogP contribution in [0.5, 0.6) is 0 Å². The Morgan fingerprint density at radius 1 is 0.306 bits per heavy atom. The van der Waals surface area contributed by atoms with Crippen LogP contribution in [0, 0.1) is 53.2 Å². The van der Waals surface area contributed by atoms with Crippen molar-refractivity contribution >= 4 is 99.5 Å². The van der Waals surface area contributed by atoms with Gasteiger partial charge in [-0.3, -0.25) is 0 Å². The van der Waals surface area contributed by atoms with E-state index in [-0.39, 0.29) is 11.6 Å². The Balaban J connectivity index is 1.00. The maximum Gasteiger partial charge on any atom is 0.139 e. The van der Waals surface area contributed by atoms with Crippen molar-refractivity contribution in [1.82, 2.24) is 0 Å². The van der Waals surface area contributed by atoms with E-state index in [1.54, 1.807) is 0 Å². The van der Waals surface area contributed by atoms with Gasteiger partial charge in [0.1, 0.15) is 34.0 Å². The molecular formula is C56H42F2N2O2. The summed E-state index contributed by atoms with van der Waals surface area (Å²) in [7, 11) is 0. The second kappa shape index (κ2) is 14.1. The lowest BCUT2D eigenvalue weighted by Crippen LogP contribution is -2.11. The predicted octanol–water partition coefficient (Wildman–Crippen LogP) is 16.9. The Morgan fingerprint density at radius 3 is 1.03 bits per heavy atom. The van der Waals surface area contributed by atoms with Crippen LogP contribution in [0.2, 0.25) is 0 Å². The Kier molecular flexibility index (Phi) is 8.52. The Morgan fingerprint density at radius 2 is 0.645 bits per heavy atom. The lowest BCUT2D eigenvalue weighted by Gasteiger charge is -2.27. The summed E-state index contributed by atoms with van der Waals surface area (Å²) in [6.45, 7) is 12.8. The summed E-state index contributed by atoms with van der Waals surface area (Å²) in [4.78, 5) is 4.36. The van der Waals surface area contributed by atoms with E-state index in [1.165, 1.54) is 57.6 Å². The zero-order valence-corrected chi connectivity index (χ0v) is 35.3. The quantitative estimate of drug-likeness (QED) is 0.167. The lowest BCUT2D eigenvalue weighted by molar-refractivity contribution is 0.627. The van der Waals surface area contributed by atoms with Crippen molar-refractivity contribution in [2.45, 2.75) is 41.5 Å². The molecule has 4 nitrogen and oxygen atoms in total. The van der Waals surface area contributed by atoms with Crippen molar-refractivity contribution in [2.75, 3.05) is 9.80 Å². The van der Waals surface area contributed by atoms with E-state index in [2.05, 4.69) is 142 Å². The number of halogens is 2. The van der Waals surface area contributed by atoms with Gasteiger partial charge in [0.25, 0.3) is 0 Å². The standard InChI is InChI=1S/C56H42F2N2O2/c1-31-19-47(20-32(2)35(31)5)59(43-15-9-41(57)10-16-43)45-13-7-37-25-49-51-29-52-50-26-38-8-14-46(60(44-17-11-42(58)12-18-44)48-21-33(3)36(6)34(4)22-48)24-40(38)28-54(50)62-56(52)30-55(51)61-53(49)27-39(37)23-45/h7-30H,1-6H3. The zero-order chi connectivity index (χ0) is 42.6. The molecule has 11 aromatic rings. The van der Waals surface area contributed by atoms with Crippen molar-refractivity contribution in [3.63, 3.8) is 0 Å². The van der Waals surface area contributed by atoms with Gasteiger partial charge < -0.3 is 18.6 Å². The fourth-order valence-electron chi connectivity index (χ4n) is 9.14. The SMILES string of the molecule is Cc1cc(N(c2ccc(F)cc2)c2ccc3cc4c(cc3c2)oc2cc3oc5cc6cc(N(c7ccc(F)cc7)c7cc(C)c(C)c(C)c7)ccc6cc5c3cc24)cc(C)c1C. The van der Waals surface area contributed by atoms with Crippen LogP contribution in [0.4, 0.5) is 42.9 Å². The van der Waals surface area contributed by atoms with Gasteiger partial charge in [-0.2, -0.15) is 0 Å². The molecule has 0 radical (unpaired) electrons. The van der Waals surface area contributed by atoms with Crippen LogP contribution >= 0.6 is 0 Å². The van der Waals surface area contributed by atoms with Gasteiger partial charge in [-0.1, -0.05) is 12.1 Å². The molecule has 0 saturated heterocycles. The van der Waals surface area contributed by atoms with Gasteiger partial charge in [0.2, 0.25) is 0 Å². The highest BCUT2D eigenvalue weighted by molar-refractivity contribution is 6.18. The molecule has 0 fully saturated rings. The van der Waals surface area contributed by atoms with E-state index < -0.39 is 0 Å². The number of aryl methyl sites for hydroxylation is 4. The molecule has 0 spiro atoms. The number of rotatable bonds is 6. The number of furan rings is 2. The lowest BCUT2D eigenvalue weighted by atomic mass is 10.0. The number of hydrogen-bond acceptors (Lipinski definition) is 4. The molecule has 0 aliphatic carbocycles. The fourth-order valence-corrected chi connectivity index (χ4v) is 9.14. The summed E-state index contributed by atoms with van der Waals surface area (Å²) in [5, 5.41) is 8.35. The Bertz CT molecular complexity index is 3340. The first kappa shape index (κ1) is 37.6. The smallest absolute Gasteiger partial charge is 0.139 e. The van der Waals surface area contributed by atoms with Crippen LogP contribution < -0.4 is 9.80 Å². The molecule has 0 atom stereocenters. The fraction of sp³-hybridized carbons (Fsp3) is 0.107. The van der Waals surface area contributed by atoms with E-state index in [0.717, 1.165) is 99.5 Å². The van der Waals surface area contributed by atoms with Crippen LogP contribution in [0.1, 0.15) is 33.4 Å².